The predicted molar refractivity (Wildman–Crippen MR) is 109 cm³/mol. The number of carbonyl (C=O) groups is 1. The van der Waals surface area contributed by atoms with E-state index in [9.17, 15) is 9.59 Å². The number of rotatable bonds is 6. The SMILES string of the molecule is Cc1cc(CN2C[C@H]3C[C@@H](C2)[C@H](CNC(=O)CN(C)C)n2c3cccc2=O)on1. The third-order valence-electron chi connectivity index (χ3n) is 5.90. The average Bonchev–Trinajstić information content (AvgIpc) is 3.06. The minimum atomic E-state index is -0.0414. The number of amides is 1. The van der Waals surface area contributed by atoms with Gasteiger partial charge in [0.25, 0.3) is 5.56 Å². The predicted octanol–water partition coefficient (Wildman–Crippen LogP) is 0.983. The van der Waals surface area contributed by atoms with Crippen LogP contribution in [0.1, 0.15) is 35.5 Å². The molecule has 1 fully saturated rings. The van der Waals surface area contributed by atoms with Crippen molar-refractivity contribution < 1.29 is 9.32 Å². The number of likely N-dealkylation sites (tertiary alicyclic amines) is 1. The van der Waals surface area contributed by atoms with Crippen molar-refractivity contribution in [3.05, 3.63) is 51.8 Å². The molecular formula is C21H29N5O3. The van der Waals surface area contributed by atoms with Gasteiger partial charge in [-0.2, -0.15) is 0 Å². The Balaban J connectivity index is 1.56. The highest BCUT2D eigenvalue weighted by Crippen LogP contribution is 2.41. The zero-order valence-electron chi connectivity index (χ0n) is 17.3. The Morgan fingerprint density at radius 1 is 1.34 bits per heavy atom. The van der Waals surface area contributed by atoms with Crippen molar-refractivity contribution in [2.75, 3.05) is 40.3 Å². The van der Waals surface area contributed by atoms with Gasteiger partial charge in [0.15, 0.2) is 5.76 Å². The first-order valence-corrected chi connectivity index (χ1v) is 10.2. The molecule has 2 aliphatic heterocycles. The van der Waals surface area contributed by atoms with Gasteiger partial charge in [-0.3, -0.25) is 14.5 Å². The molecule has 2 aromatic rings. The van der Waals surface area contributed by atoms with Crippen LogP contribution >= 0.6 is 0 Å². The van der Waals surface area contributed by atoms with Crippen molar-refractivity contribution in [1.29, 1.82) is 0 Å². The van der Waals surface area contributed by atoms with Crippen LogP contribution in [0.25, 0.3) is 0 Å². The summed E-state index contributed by atoms with van der Waals surface area (Å²) in [6.07, 6.45) is 1.03. The number of aryl methyl sites for hydroxylation is 1. The van der Waals surface area contributed by atoms with E-state index in [0.29, 0.717) is 31.5 Å². The smallest absolute Gasteiger partial charge is 0.251 e. The topological polar surface area (TPSA) is 83.6 Å². The molecule has 1 N–H and O–H groups in total. The molecule has 29 heavy (non-hydrogen) atoms. The van der Waals surface area contributed by atoms with Crippen LogP contribution in [0.3, 0.4) is 0 Å². The second kappa shape index (κ2) is 8.12. The second-order valence-electron chi connectivity index (χ2n) is 8.59. The molecule has 156 valence electrons. The first-order valence-electron chi connectivity index (χ1n) is 10.2. The summed E-state index contributed by atoms with van der Waals surface area (Å²) < 4.78 is 7.33. The Morgan fingerprint density at radius 3 is 2.90 bits per heavy atom. The summed E-state index contributed by atoms with van der Waals surface area (Å²) in [4.78, 5) is 29.1. The van der Waals surface area contributed by atoms with Gasteiger partial charge in [-0.15, -0.1) is 0 Å². The van der Waals surface area contributed by atoms with E-state index in [1.54, 1.807) is 6.07 Å². The van der Waals surface area contributed by atoms with Crippen LogP contribution < -0.4 is 10.9 Å². The number of hydrogen-bond acceptors (Lipinski definition) is 6. The minimum Gasteiger partial charge on any atom is -0.360 e. The van der Waals surface area contributed by atoms with Crippen molar-refractivity contribution in [2.45, 2.75) is 31.8 Å². The van der Waals surface area contributed by atoms with E-state index >= 15 is 0 Å². The van der Waals surface area contributed by atoms with E-state index in [-0.39, 0.29) is 17.5 Å². The number of hydrogen-bond donors (Lipinski definition) is 1. The Kier molecular flexibility index (Phi) is 5.56. The van der Waals surface area contributed by atoms with Crippen molar-refractivity contribution in [2.24, 2.45) is 5.92 Å². The number of nitrogens with zero attached hydrogens (tertiary/aromatic N) is 4. The van der Waals surface area contributed by atoms with Crippen molar-refractivity contribution in [3.8, 4) is 0 Å². The van der Waals surface area contributed by atoms with Crippen LogP contribution in [-0.2, 0) is 11.3 Å². The lowest BCUT2D eigenvalue weighted by atomic mass is 9.78. The Labute approximate surface area is 170 Å². The molecule has 0 radical (unpaired) electrons. The minimum absolute atomic E-state index is 0.0170. The summed E-state index contributed by atoms with van der Waals surface area (Å²) in [5.41, 5.74) is 1.97. The standard InChI is InChI=1S/C21H29N5O3/c1-14-7-17(29-23-14)12-25-10-15-8-16(11-25)19(9-22-20(27)13-24(2)3)26-18(15)5-4-6-21(26)28/h4-7,15-16,19H,8-13H2,1-3H3,(H,22,27)/t15-,16+,19+/m1/s1. The van der Waals surface area contributed by atoms with Crippen LogP contribution in [0.2, 0.25) is 0 Å². The lowest BCUT2D eigenvalue weighted by molar-refractivity contribution is -0.122. The lowest BCUT2D eigenvalue weighted by Crippen LogP contribution is -2.52. The Morgan fingerprint density at radius 2 is 2.17 bits per heavy atom. The molecule has 8 nitrogen and oxygen atoms in total. The first-order chi connectivity index (χ1) is 13.9. The fraction of sp³-hybridized carbons (Fsp3) is 0.571. The molecule has 0 unspecified atom stereocenters. The fourth-order valence-electron chi connectivity index (χ4n) is 4.80. The summed E-state index contributed by atoms with van der Waals surface area (Å²) in [6, 6.07) is 7.45. The summed E-state index contributed by atoms with van der Waals surface area (Å²) in [7, 11) is 3.74. The van der Waals surface area contributed by atoms with E-state index < -0.39 is 0 Å². The van der Waals surface area contributed by atoms with E-state index in [1.807, 2.05) is 42.6 Å². The zero-order valence-corrected chi connectivity index (χ0v) is 17.3. The zero-order chi connectivity index (χ0) is 20.5. The number of fused-ring (bicyclic) bond motifs is 4. The monoisotopic (exact) mass is 399 g/mol. The van der Waals surface area contributed by atoms with E-state index in [1.165, 1.54) is 0 Å². The highest BCUT2D eigenvalue weighted by Gasteiger charge is 2.40. The number of likely N-dealkylation sites (N-methyl/N-ethyl adjacent to an activating group) is 1. The molecule has 0 aliphatic carbocycles. The van der Waals surface area contributed by atoms with E-state index in [4.69, 9.17) is 4.52 Å². The summed E-state index contributed by atoms with van der Waals surface area (Å²) in [5, 5.41) is 7.03. The lowest BCUT2D eigenvalue weighted by Gasteiger charge is -2.46. The van der Waals surface area contributed by atoms with Gasteiger partial charge in [0.2, 0.25) is 5.91 Å². The van der Waals surface area contributed by atoms with Gasteiger partial charge in [0.05, 0.1) is 24.8 Å². The Hall–Kier alpha value is -2.45. The molecule has 0 spiro atoms. The molecule has 2 aromatic heterocycles. The molecule has 3 atom stereocenters. The molecule has 0 aromatic carbocycles. The van der Waals surface area contributed by atoms with Gasteiger partial charge in [0, 0.05) is 43.4 Å². The number of carbonyl (C=O) groups excluding carboxylic acids is 1. The average molecular weight is 399 g/mol. The molecule has 1 amide bonds. The summed E-state index contributed by atoms with van der Waals surface area (Å²) in [5.74, 6) is 1.45. The molecule has 4 rings (SSSR count). The maximum absolute atomic E-state index is 12.7. The normalized spacial score (nSPS) is 23.8. The van der Waals surface area contributed by atoms with Gasteiger partial charge in [-0.1, -0.05) is 11.2 Å². The number of piperidine rings is 1. The van der Waals surface area contributed by atoms with Crippen LogP contribution in [0.4, 0.5) is 0 Å². The Bertz CT molecular complexity index is 934. The highest BCUT2D eigenvalue weighted by molar-refractivity contribution is 5.77. The van der Waals surface area contributed by atoms with Gasteiger partial charge >= 0.3 is 0 Å². The molecule has 2 bridgehead atoms. The summed E-state index contributed by atoms with van der Waals surface area (Å²) >= 11 is 0. The third-order valence-corrected chi connectivity index (χ3v) is 5.90. The van der Waals surface area contributed by atoms with Crippen molar-refractivity contribution in [1.82, 2.24) is 24.8 Å². The van der Waals surface area contributed by atoms with E-state index in [2.05, 4.69) is 21.4 Å². The molecule has 8 heteroatoms. The number of aromatic nitrogens is 2. The van der Waals surface area contributed by atoms with Crippen LogP contribution in [0.5, 0.6) is 0 Å². The molecule has 0 saturated carbocycles. The molecule has 1 saturated heterocycles. The van der Waals surface area contributed by atoms with Crippen molar-refractivity contribution >= 4 is 5.91 Å². The largest absolute Gasteiger partial charge is 0.360 e. The maximum atomic E-state index is 12.7. The van der Waals surface area contributed by atoms with Gasteiger partial charge in [-0.25, -0.2) is 0 Å². The first kappa shape index (κ1) is 19.8. The van der Waals surface area contributed by atoms with Gasteiger partial charge < -0.3 is 19.3 Å². The van der Waals surface area contributed by atoms with Crippen LogP contribution in [-0.4, -0.2) is 65.7 Å². The molecule has 2 aliphatic rings. The highest BCUT2D eigenvalue weighted by atomic mass is 16.5. The van der Waals surface area contributed by atoms with Gasteiger partial charge in [0.1, 0.15) is 0 Å². The molecule has 4 heterocycles. The fourth-order valence-corrected chi connectivity index (χ4v) is 4.80. The third kappa shape index (κ3) is 4.28. The van der Waals surface area contributed by atoms with Gasteiger partial charge in [-0.05, 0) is 39.4 Å². The number of nitrogens with one attached hydrogen (secondary N) is 1. The molecular weight excluding hydrogens is 370 g/mol. The summed E-state index contributed by atoms with van der Waals surface area (Å²) in [6.45, 7) is 5.20. The van der Waals surface area contributed by atoms with Crippen LogP contribution in [0.15, 0.2) is 33.6 Å². The second-order valence-corrected chi connectivity index (χ2v) is 8.59. The van der Waals surface area contributed by atoms with Crippen molar-refractivity contribution in [3.63, 3.8) is 0 Å². The number of pyridine rings is 1. The quantitative estimate of drug-likeness (QED) is 0.780. The maximum Gasteiger partial charge on any atom is 0.251 e. The van der Waals surface area contributed by atoms with E-state index in [0.717, 1.165) is 36.7 Å². The van der Waals surface area contributed by atoms with Crippen LogP contribution in [0, 0.1) is 12.8 Å².